The number of aromatic nitrogens is 2. The molecular weight excluding hydrogens is 329 g/mol. The molecule has 0 aliphatic carbocycles. The van der Waals surface area contributed by atoms with Crippen molar-refractivity contribution in [3.63, 3.8) is 0 Å². The van der Waals surface area contributed by atoms with Crippen LogP contribution in [0, 0.1) is 5.82 Å². The maximum atomic E-state index is 13.4. The van der Waals surface area contributed by atoms with Crippen LogP contribution in [0.3, 0.4) is 0 Å². The second kappa shape index (κ2) is 5.83. The Hall–Kier alpha value is -2.54. The van der Waals surface area contributed by atoms with E-state index >= 15 is 0 Å². The summed E-state index contributed by atoms with van der Waals surface area (Å²) in [5.74, 6) is -0.500. The molecule has 0 aromatic carbocycles. The highest BCUT2D eigenvalue weighted by Gasteiger charge is 2.25. The van der Waals surface area contributed by atoms with Crippen LogP contribution in [0.15, 0.2) is 40.6 Å². The van der Waals surface area contributed by atoms with Gasteiger partial charge in [-0.05, 0) is 23.6 Å². The van der Waals surface area contributed by atoms with Gasteiger partial charge in [0.05, 0.1) is 24.2 Å². The molecule has 3 aromatic rings. The van der Waals surface area contributed by atoms with Crippen LogP contribution in [0.5, 0.6) is 0 Å². The molecule has 5 nitrogen and oxygen atoms in total. The van der Waals surface area contributed by atoms with E-state index < -0.39 is 5.82 Å². The molecule has 1 aliphatic rings. The van der Waals surface area contributed by atoms with Gasteiger partial charge in [0.15, 0.2) is 0 Å². The number of rotatable bonds is 2. The molecule has 0 N–H and O–H groups in total. The first-order valence-corrected chi connectivity index (χ1v) is 8.49. The van der Waals surface area contributed by atoms with Gasteiger partial charge >= 0.3 is 0 Å². The van der Waals surface area contributed by atoms with Gasteiger partial charge in [0.25, 0.3) is 5.56 Å². The van der Waals surface area contributed by atoms with Crippen molar-refractivity contribution in [2.45, 2.75) is 19.4 Å². The molecule has 0 atom stereocenters. The highest BCUT2D eigenvalue weighted by molar-refractivity contribution is 7.10. The third-order valence-corrected chi connectivity index (χ3v) is 5.07. The zero-order chi connectivity index (χ0) is 16.7. The van der Waals surface area contributed by atoms with E-state index in [-0.39, 0.29) is 18.0 Å². The van der Waals surface area contributed by atoms with Crippen molar-refractivity contribution in [3.05, 3.63) is 68.1 Å². The fourth-order valence-corrected chi connectivity index (χ4v) is 3.65. The Kier molecular flexibility index (Phi) is 3.65. The molecule has 1 amide bonds. The van der Waals surface area contributed by atoms with Gasteiger partial charge in [-0.3, -0.25) is 14.0 Å². The topological polar surface area (TPSA) is 54.7 Å². The Morgan fingerprint density at radius 3 is 3.00 bits per heavy atom. The zero-order valence-corrected chi connectivity index (χ0v) is 13.6. The van der Waals surface area contributed by atoms with Crippen molar-refractivity contribution >= 4 is 22.9 Å². The summed E-state index contributed by atoms with van der Waals surface area (Å²) in [5.41, 5.74) is 1.30. The van der Waals surface area contributed by atoms with Gasteiger partial charge in [0.2, 0.25) is 5.91 Å². The zero-order valence-electron chi connectivity index (χ0n) is 12.7. The number of hydrogen-bond acceptors (Lipinski definition) is 4. The highest BCUT2D eigenvalue weighted by atomic mass is 32.1. The predicted molar refractivity (Wildman–Crippen MR) is 88.6 cm³/mol. The van der Waals surface area contributed by atoms with Gasteiger partial charge in [-0.15, -0.1) is 11.3 Å². The third-order valence-electron chi connectivity index (χ3n) is 4.19. The van der Waals surface area contributed by atoms with Crippen molar-refractivity contribution in [1.29, 1.82) is 0 Å². The Bertz CT molecular complexity index is 981. The number of carbonyl (C=O) groups is 1. The SMILES string of the molecule is O=C(Cc1cccs1)N1CCc2nc3ccc(F)cn3c(=O)c2C1. The maximum absolute atomic E-state index is 13.4. The largest absolute Gasteiger partial charge is 0.337 e. The van der Waals surface area contributed by atoms with Crippen molar-refractivity contribution in [2.24, 2.45) is 0 Å². The molecule has 0 saturated carbocycles. The van der Waals surface area contributed by atoms with Gasteiger partial charge < -0.3 is 4.90 Å². The lowest BCUT2D eigenvalue weighted by Crippen LogP contribution is -2.40. The summed E-state index contributed by atoms with van der Waals surface area (Å²) in [7, 11) is 0. The van der Waals surface area contributed by atoms with E-state index in [1.54, 1.807) is 16.2 Å². The molecule has 1 aliphatic heterocycles. The molecule has 0 fully saturated rings. The van der Waals surface area contributed by atoms with Crippen LogP contribution in [-0.4, -0.2) is 26.7 Å². The summed E-state index contributed by atoms with van der Waals surface area (Å²) < 4.78 is 14.6. The van der Waals surface area contributed by atoms with Crippen LogP contribution in [0.25, 0.3) is 5.65 Å². The van der Waals surface area contributed by atoms with E-state index in [0.717, 1.165) is 11.1 Å². The summed E-state index contributed by atoms with van der Waals surface area (Å²) >= 11 is 1.54. The Morgan fingerprint density at radius 1 is 1.33 bits per heavy atom. The fourth-order valence-electron chi connectivity index (χ4n) is 2.96. The highest BCUT2D eigenvalue weighted by Crippen LogP contribution is 2.18. The normalized spacial score (nSPS) is 14.0. The summed E-state index contributed by atoms with van der Waals surface area (Å²) in [5, 5.41) is 1.94. The number of fused-ring (bicyclic) bond motifs is 2. The molecule has 24 heavy (non-hydrogen) atoms. The van der Waals surface area contributed by atoms with Crippen LogP contribution in [0.4, 0.5) is 4.39 Å². The van der Waals surface area contributed by atoms with Crippen LogP contribution < -0.4 is 5.56 Å². The number of nitrogens with zero attached hydrogens (tertiary/aromatic N) is 3. The van der Waals surface area contributed by atoms with Crippen LogP contribution in [0.2, 0.25) is 0 Å². The first kappa shape index (κ1) is 15.0. The molecular formula is C17H14FN3O2S. The number of carbonyl (C=O) groups excluding carboxylic acids is 1. The molecule has 7 heteroatoms. The molecule has 3 aromatic heterocycles. The lowest BCUT2D eigenvalue weighted by molar-refractivity contribution is -0.131. The standard InChI is InChI=1S/C17H14FN3O2S/c18-11-3-4-15-19-14-5-6-20(10-13(14)17(23)21(15)9-11)16(22)8-12-2-1-7-24-12/h1-4,7,9H,5-6,8,10H2. The average Bonchev–Trinajstić information content (AvgIpc) is 3.08. The Morgan fingerprint density at radius 2 is 2.21 bits per heavy atom. The molecule has 0 bridgehead atoms. The van der Waals surface area contributed by atoms with Gasteiger partial charge in [0.1, 0.15) is 11.5 Å². The minimum atomic E-state index is -0.493. The minimum Gasteiger partial charge on any atom is -0.337 e. The number of halogens is 1. The lowest BCUT2D eigenvalue weighted by Gasteiger charge is -2.28. The van der Waals surface area contributed by atoms with Crippen LogP contribution in [-0.2, 0) is 24.2 Å². The van der Waals surface area contributed by atoms with Crippen LogP contribution in [0.1, 0.15) is 16.1 Å². The molecule has 4 heterocycles. The van der Waals surface area contributed by atoms with Crippen molar-refractivity contribution in [3.8, 4) is 0 Å². The van der Waals surface area contributed by atoms with E-state index in [0.29, 0.717) is 36.3 Å². The molecule has 122 valence electrons. The number of pyridine rings is 1. The van der Waals surface area contributed by atoms with Crippen molar-refractivity contribution in [1.82, 2.24) is 14.3 Å². The smallest absolute Gasteiger partial charge is 0.263 e. The number of amides is 1. The molecule has 0 unspecified atom stereocenters. The Balaban J connectivity index is 1.67. The van der Waals surface area contributed by atoms with Crippen LogP contribution >= 0.6 is 11.3 Å². The first-order chi connectivity index (χ1) is 11.6. The van der Waals surface area contributed by atoms with Crippen molar-refractivity contribution in [2.75, 3.05) is 6.54 Å². The monoisotopic (exact) mass is 343 g/mol. The molecule has 0 spiro atoms. The van der Waals surface area contributed by atoms with Gasteiger partial charge in [-0.2, -0.15) is 0 Å². The van der Waals surface area contributed by atoms with E-state index in [4.69, 9.17) is 0 Å². The Labute approximate surface area is 141 Å². The first-order valence-electron chi connectivity index (χ1n) is 7.61. The second-order valence-electron chi connectivity index (χ2n) is 5.74. The molecule has 0 radical (unpaired) electrons. The fraction of sp³-hybridized carbons (Fsp3) is 0.235. The maximum Gasteiger partial charge on any atom is 0.263 e. The van der Waals surface area contributed by atoms with E-state index in [9.17, 15) is 14.0 Å². The average molecular weight is 343 g/mol. The summed E-state index contributed by atoms with van der Waals surface area (Å²) in [4.78, 5) is 32.2. The predicted octanol–water partition coefficient (Wildman–Crippen LogP) is 2.02. The summed E-state index contributed by atoms with van der Waals surface area (Å²) in [6.07, 6.45) is 2.01. The lowest BCUT2D eigenvalue weighted by atomic mass is 10.1. The van der Waals surface area contributed by atoms with Gasteiger partial charge in [0, 0.05) is 24.0 Å². The summed E-state index contributed by atoms with van der Waals surface area (Å²) in [6.45, 7) is 0.770. The van der Waals surface area contributed by atoms with Gasteiger partial charge in [-0.25, -0.2) is 9.37 Å². The summed E-state index contributed by atoms with van der Waals surface area (Å²) in [6, 6.07) is 6.61. The van der Waals surface area contributed by atoms with Crippen molar-refractivity contribution < 1.29 is 9.18 Å². The number of thiophene rings is 1. The van der Waals surface area contributed by atoms with E-state index in [1.807, 2.05) is 17.5 Å². The third kappa shape index (κ3) is 2.60. The van der Waals surface area contributed by atoms with Gasteiger partial charge in [-0.1, -0.05) is 6.07 Å². The second-order valence-corrected chi connectivity index (χ2v) is 6.77. The quantitative estimate of drug-likeness (QED) is 0.715. The minimum absolute atomic E-state index is 0.00756. The number of hydrogen-bond donors (Lipinski definition) is 0. The molecule has 0 saturated heterocycles. The molecule has 4 rings (SSSR count). The van der Waals surface area contributed by atoms with E-state index in [1.165, 1.54) is 16.5 Å². The van der Waals surface area contributed by atoms with E-state index in [2.05, 4.69) is 4.98 Å².